The molecule has 3 heteroatoms. The molecular weight excluding hydrogens is 282 g/mol. The molecule has 0 amide bonds. The molecule has 2 saturated heterocycles. The number of piperidine rings is 1. The van der Waals surface area contributed by atoms with Crippen molar-refractivity contribution in [1.29, 1.82) is 0 Å². The van der Waals surface area contributed by atoms with E-state index in [1.807, 2.05) is 0 Å². The Morgan fingerprint density at radius 2 is 1.26 bits per heavy atom. The highest BCUT2D eigenvalue weighted by Crippen LogP contribution is 2.25. The number of nitrogens with zero attached hydrogens (tertiary/aromatic N) is 3. The number of piperazine rings is 1. The van der Waals surface area contributed by atoms with E-state index in [9.17, 15) is 0 Å². The second kappa shape index (κ2) is 7.84. The zero-order chi connectivity index (χ0) is 17.1. The smallest absolute Gasteiger partial charge is 0.0125 e. The van der Waals surface area contributed by atoms with Gasteiger partial charge in [0.2, 0.25) is 0 Å². The van der Waals surface area contributed by atoms with E-state index in [0.717, 1.165) is 5.92 Å². The van der Waals surface area contributed by atoms with Crippen LogP contribution in [0.25, 0.3) is 0 Å². The van der Waals surface area contributed by atoms with Crippen LogP contribution in [-0.4, -0.2) is 72.6 Å². The van der Waals surface area contributed by atoms with E-state index in [0.29, 0.717) is 11.0 Å². The van der Waals surface area contributed by atoms with Crippen LogP contribution in [-0.2, 0) is 0 Å². The summed E-state index contributed by atoms with van der Waals surface area (Å²) in [7, 11) is 0. The highest BCUT2D eigenvalue weighted by molar-refractivity contribution is 4.84. The Bertz CT molecular complexity index is 337. The topological polar surface area (TPSA) is 9.72 Å². The molecule has 2 aliphatic heterocycles. The summed E-state index contributed by atoms with van der Waals surface area (Å²) in [5.74, 6) is 0.926. The second-order valence-corrected chi connectivity index (χ2v) is 10.1. The van der Waals surface area contributed by atoms with E-state index in [-0.39, 0.29) is 0 Å². The highest BCUT2D eigenvalue weighted by atomic mass is 15.3. The predicted molar refractivity (Wildman–Crippen MR) is 101 cm³/mol. The van der Waals surface area contributed by atoms with Crippen molar-refractivity contribution in [3.8, 4) is 0 Å². The minimum Gasteiger partial charge on any atom is -0.301 e. The molecule has 0 aromatic carbocycles. The average molecular weight is 324 g/mol. The molecule has 0 aromatic heterocycles. The third-order valence-electron chi connectivity index (χ3n) is 5.72. The van der Waals surface area contributed by atoms with Crippen molar-refractivity contribution in [1.82, 2.24) is 14.7 Å². The molecule has 0 bridgehead atoms. The first-order valence-electron chi connectivity index (χ1n) is 9.83. The first-order valence-corrected chi connectivity index (χ1v) is 9.83. The zero-order valence-electron chi connectivity index (χ0n) is 16.7. The maximum absolute atomic E-state index is 2.73. The molecule has 2 rings (SSSR count). The summed E-state index contributed by atoms with van der Waals surface area (Å²) < 4.78 is 0. The van der Waals surface area contributed by atoms with Gasteiger partial charge < -0.3 is 9.80 Å². The standard InChI is InChI=1S/C20H41N3/c1-19(2,3)9-12-21-13-15-22(16-14-21)17-18-7-10-23(11-8-18)20(4,5)6/h18H,7-17H2,1-6H3. The molecule has 0 saturated carbocycles. The lowest BCUT2D eigenvalue weighted by atomic mass is 9.91. The SMILES string of the molecule is CC(C)(C)CCN1CCN(CC2CCN(C(C)(C)C)CC2)CC1. The van der Waals surface area contributed by atoms with Crippen molar-refractivity contribution < 1.29 is 0 Å². The fourth-order valence-corrected chi connectivity index (χ4v) is 3.84. The van der Waals surface area contributed by atoms with E-state index in [1.165, 1.54) is 71.6 Å². The van der Waals surface area contributed by atoms with Crippen LogP contribution < -0.4 is 0 Å². The minimum atomic E-state index is 0.351. The summed E-state index contributed by atoms with van der Waals surface area (Å²) in [6, 6.07) is 0. The summed E-state index contributed by atoms with van der Waals surface area (Å²) in [5, 5.41) is 0. The van der Waals surface area contributed by atoms with Crippen molar-refractivity contribution in [2.45, 2.75) is 66.3 Å². The number of hydrogen-bond donors (Lipinski definition) is 0. The molecule has 0 aliphatic carbocycles. The molecule has 3 nitrogen and oxygen atoms in total. The molecule has 0 unspecified atom stereocenters. The maximum atomic E-state index is 2.73. The molecule has 0 N–H and O–H groups in total. The van der Waals surface area contributed by atoms with Gasteiger partial charge in [-0.05, 0) is 71.0 Å². The van der Waals surface area contributed by atoms with Gasteiger partial charge in [-0.25, -0.2) is 0 Å². The molecule has 0 spiro atoms. The minimum absolute atomic E-state index is 0.351. The van der Waals surface area contributed by atoms with Crippen LogP contribution in [0.2, 0.25) is 0 Å². The Hall–Kier alpha value is -0.120. The van der Waals surface area contributed by atoms with Crippen LogP contribution >= 0.6 is 0 Å². The van der Waals surface area contributed by atoms with Crippen LogP contribution in [0.1, 0.15) is 60.8 Å². The lowest BCUT2D eigenvalue weighted by Gasteiger charge is -2.43. The first kappa shape index (κ1) is 19.2. The van der Waals surface area contributed by atoms with Crippen LogP contribution in [0.3, 0.4) is 0 Å². The normalized spacial score (nSPS) is 24.3. The lowest BCUT2D eigenvalue weighted by Crippen LogP contribution is -2.50. The van der Waals surface area contributed by atoms with Crippen molar-refractivity contribution >= 4 is 0 Å². The van der Waals surface area contributed by atoms with Gasteiger partial charge in [-0.3, -0.25) is 4.90 Å². The quantitative estimate of drug-likeness (QED) is 0.783. The Kier molecular flexibility index (Phi) is 6.55. The van der Waals surface area contributed by atoms with Crippen LogP contribution in [0.4, 0.5) is 0 Å². The van der Waals surface area contributed by atoms with E-state index < -0.39 is 0 Å². The van der Waals surface area contributed by atoms with Crippen LogP contribution in [0.5, 0.6) is 0 Å². The molecule has 136 valence electrons. The van der Waals surface area contributed by atoms with E-state index >= 15 is 0 Å². The summed E-state index contributed by atoms with van der Waals surface area (Å²) in [6.45, 7) is 24.4. The van der Waals surface area contributed by atoms with E-state index in [1.54, 1.807) is 0 Å². The van der Waals surface area contributed by atoms with Crippen molar-refractivity contribution in [3.63, 3.8) is 0 Å². The van der Waals surface area contributed by atoms with Gasteiger partial charge in [0.25, 0.3) is 0 Å². The largest absolute Gasteiger partial charge is 0.301 e. The third-order valence-corrected chi connectivity index (χ3v) is 5.72. The van der Waals surface area contributed by atoms with Crippen molar-refractivity contribution in [3.05, 3.63) is 0 Å². The second-order valence-electron chi connectivity index (χ2n) is 10.1. The van der Waals surface area contributed by atoms with Gasteiger partial charge >= 0.3 is 0 Å². The summed E-state index contributed by atoms with van der Waals surface area (Å²) in [5.41, 5.74) is 0.821. The molecule has 23 heavy (non-hydrogen) atoms. The van der Waals surface area contributed by atoms with E-state index in [2.05, 4.69) is 56.2 Å². The molecule has 0 aromatic rings. The van der Waals surface area contributed by atoms with Gasteiger partial charge in [0.05, 0.1) is 0 Å². The Morgan fingerprint density at radius 3 is 1.74 bits per heavy atom. The van der Waals surface area contributed by atoms with Crippen LogP contribution in [0.15, 0.2) is 0 Å². The Morgan fingerprint density at radius 1 is 0.739 bits per heavy atom. The molecule has 0 atom stereocenters. The monoisotopic (exact) mass is 323 g/mol. The summed E-state index contributed by atoms with van der Waals surface area (Å²) in [4.78, 5) is 8.06. The predicted octanol–water partition coefficient (Wildman–Crippen LogP) is 3.55. The van der Waals surface area contributed by atoms with Gasteiger partial charge in [0.1, 0.15) is 0 Å². The van der Waals surface area contributed by atoms with Crippen molar-refractivity contribution in [2.24, 2.45) is 11.3 Å². The van der Waals surface area contributed by atoms with Gasteiger partial charge in [-0.15, -0.1) is 0 Å². The Labute approximate surface area is 145 Å². The van der Waals surface area contributed by atoms with Crippen LogP contribution in [0, 0.1) is 11.3 Å². The van der Waals surface area contributed by atoms with E-state index in [4.69, 9.17) is 0 Å². The average Bonchev–Trinajstić information content (AvgIpc) is 2.45. The molecule has 2 fully saturated rings. The fraction of sp³-hybridized carbons (Fsp3) is 1.00. The van der Waals surface area contributed by atoms with Gasteiger partial charge in [-0.1, -0.05) is 20.8 Å². The Balaban J connectivity index is 1.64. The molecular formula is C20H41N3. The number of likely N-dealkylation sites (tertiary alicyclic amines) is 1. The first-order chi connectivity index (χ1) is 10.6. The number of rotatable bonds is 4. The maximum Gasteiger partial charge on any atom is 0.0125 e. The summed E-state index contributed by atoms with van der Waals surface area (Å²) >= 11 is 0. The molecule has 2 heterocycles. The molecule has 0 radical (unpaired) electrons. The van der Waals surface area contributed by atoms with Crippen molar-refractivity contribution in [2.75, 3.05) is 52.4 Å². The van der Waals surface area contributed by atoms with Gasteiger partial charge in [0.15, 0.2) is 0 Å². The van der Waals surface area contributed by atoms with Gasteiger partial charge in [-0.2, -0.15) is 0 Å². The summed E-state index contributed by atoms with van der Waals surface area (Å²) in [6.07, 6.45) is 4.10. The fourth-order valence-electron chi connectivity index (χ4n) is 3.84. The lowest BCUT2D eigenvalue weighted by molar-refractivity contribution is 0.0598. The zero-order valence-corrected chi connectivity index (χ0v) is 16.7. The highest BCUT2D eigenvalue weighted by Gasteiger charge is 2.28. The van der Waals surface area contributed by atoms with Gasteiger partial charge in [0, 0.05) is 38.3 Å². The molecule has 2 aliphatic rings. The number of hydrogen-bond acceptors (Lipinski definition) is 3. The third kappa shape index (κ3) is 6.72.